The highest BCUT2D eigenvalue weighted by atomic mass is 35.5. The number of piperidine rings is 1. The van der Waals surface area contributed by atoms with E-state index in [9.17, 15) is 9.50 Å². The summed E-state index contributed by atoms with van der Waals surface area (Å²) in [5.41, 5.74) is 0.911. The zero-order valence-electron chi connectivity index (χ0n) is 17.9. The van der Waals surface area contributed by atoms with Crippen LogP contribution in [0.4, 0.5) is 4.39 Å². The van der Waals surface area contributed by atoms with Crippen molar-refractivity contribution >= 4 is 45.6 Å². The molecule has 2 heterocycles. The molecule has 1 saturated heterocycles. The van der Waals surface area contributed by atoms with E-state index in [1.807, 2.05) is 65.4 Å². The van der Waals surface area contributed by atoms with Crippen molar-refractivity contribution in [2.75, 3.05) is 0 Å². The maximum absolute atomic E-state index is 13.8. The molecule has 0 unspecified atom stereocenters. The molecule has 1 aliphatic rings. The van der Waals surface area contributed by atoms with Crippen LogP contribution in [0.2, 0.25) is 5.02 Å². The molecular weight excluding hydrogens is 469 g/mol. The minimum atomic E-state index is -1.64. The third-order valence-corrected chi connectivity index (χ3v) is 6.83. The maximum Gasteiger partial charge on any atom is 0.227 e. The molecule has 3 N–H and O–H groups in total. The molecule has 168 valence electrons. The lowest BCUT2D eigenvalue weighted by Gasteiger charge is -2.43. The van der Waals surface area contributed by atoms with E-state index in [0.29, 0.717) is 21.7 Å². The second-order valence-electron chi connectivity index (χ2n) is 8.22. The third-order valence-electron chi connectivity index (χ3n) is 6.27. The van der Waals surface area contributed by atoms with E-state index in [-0.39, 0.29) is 10.8 Å². The fourth-order valence-electron chi connectivity index (χ4n) is 4.76. The fraction of sp³-hybridized carbons (Fsp3) is 0.111. The fourth-order valence-corrected chi connectivity index (χ4v) is 5.28. The van der Waals surface area contributed by atoms with E-state index >= 15 is 0 Å². The lowest BCUT2D eigenvalue weighted by Crippen LogP contribution is -2.65. The molecule has 0 bridgehead atoms. The Morgan fingerprint density at radius 2 is 1.76 bits per heavy atom. The number of pyridine rings is 1. The molecule has 1 fully saturated rings. The van der Waals surface area contributed by atoms with Crippen LogP contribution in [0.3, 0.4) is 0 Å². The average Bonchev–Trinajstić information content (AvgIpc) is 2.84. The molecule has 0 spiro atoms. The van der Waals surface area contributed by atoms with Crippen LogP contribution in [0.15, 0.2) is 96.7 Å². The van der Waals surface area contributed by atoms with E-state index < -0.39 is 17.7 Å². The summed E-state index contributed by atoms with van der Waals surface area (Å²) < 4.78 is 15.8. The van der Waals surface area contributed by atoms with Crippen LogP contribution in [0.25, 0.3) is 10.9 Å². The van der Waals surface area contributed by atoms with Crippen LogP contribution in [0.1, 0.15) is 23.1 Å². The van der Waals surface area contributed by atoms with Crippen LogP contribution in [0, 0.1) is 11.2 Å². The monoisotopic (exact) mass is 488 g/mol. The van der Waals surface area contributed by atoms with Crippen molar-refractivity contribution in [2.24, 2.45) is 0 Å². The maximum atomic E-state index is 13.8. The summed E-state index contributed by atoms with van der Waals surface area (Å²) >= 11 is 11.9. The van der Waals surface area contributed by atoms with Gasteiger partial charge in [0.2, 0.25) is 17.3 Å². The van der Waals surface area contributed by atoms with Crippen molar-refractivity contribution in [3.63, 3.8) is 0 Å². The zero-order valence-corrected chi connectivity index (χ0v) is 19.4. The molecule has 4 nitrogen and oxygen atoms in total. The molecule has 7 heteroatoms. The van der Waals surface area contributed by atoms with Crippen molar-refractivity contribution in [1.82, 2.24) is 5.32 Å². The third kappa shape index (κ3) is 3.71. The van der Waals surface area contributed by atoms with Gasteiger partial charge >= 0.3 is 0 Å². The second-order valence-corrected chi connectivity index (χ2v) is 9.06. The Morgan fingerprint density at radius 3 is 2.47 bits per heavy atom. The first-order valence-electron chi connectivity index (χ1n) is 10.7. The Hall–Kier alpha value is -3.41. The quantitative estimate of drug-likeness (QED) is 0.161. The van der Waals surface area contributed by atoms with E-state index in [1.54, 1.807) is 18.2 Å². The van der Waals surface area contributed by atoms with Crippen LogP contribution in [0.5, 0.6) is 0 Å². The number of rotatable bonds is 3. The molecule has 1 aromatic heterocycles. The molecule has 0 amide bonds. The van der Waals surface area contributed by atoms with Gasteiger partial charge in [0.15, 0.2) is 6.20 Å². The molecule has 4 aromatic rings. The first-order chi connectivity index (χ1) is 16.4. The van der Waals surface area contributed by atoms with Crippen molar-refractivity contribution in [3.8, 4) is 0 Å². The molecule has 34 heavy (non-hydrogen) atoms. The Bertz CT molecular complexity index is 1450. The smallest absolute Gasteiger partial charge is 0.227 e. The molecular formula is C27H20ClFN3OS+. The van der Waals surface area contributed by atoms with Gasteiger partial charge in [0.1, 0.15) is 10.8 Å². The normalized spacial score (nSPS) is 22.3. The van der Waals surface area contributed by atoms with Gasteiger partial charge in [0.25, 0.3) is 0 Å². The second kappa shape index (κ2) is 8.75. The summed E-state index contributed by atoms with van der Waals surface area (Å²) in [7, 11) is 0. The topological polar surface area (TPSA) is 60.0 Å². The van der Waals surface area contributed by atoms with Gasteiger partial charge in [-0.05, 0) is 41.8 Å². The van der Waals surface area contributed by atoms with Crippen molar-refractivity contribution in [3.05, 3.63) is 119 Å². The van der Waals surface area contributed by atoms with Gasteiger partial charge in [-0.3, -0.25) is 5.41 Å². The van der Waals surface area contributed by atoms with Gasteiger partial charge in [-0.25, -0.2) is 4.39 Å². The largest absolute Gasteiger partial charge is 0.362 e. The van der Waals surface area contributed by atoms with Gasteiger partial charge in [-0.2, -0.15) is 4.57 Å². The van der Waals surface area contributed by atoms with Gasteiger partial charge < -0.3 is 10.4 Å². The highest BCUT2D eigenvalue weighted by molar-refractivity contribution is 7.80. The summed E-state index contributed by atoms with van der Waals surface area (Å²) in [6.45, 7) is 0. The lowest BCUT2D eigenvalue weighted by atomic mass is 9.74. The molecule has 0 aliphatic carbocycles. The van der Waals surface area contributed by atoms with E-state index in [2.05, 4.69) is 11.2 Å². The summed E-state index contributed by atoms with van der Waals surface area (Å²) in [5, 5.41) is 24.9. The molecule has 0 saturated carbocycles. The summed E-state index contributed by atoms with van der Waals surface area (Å²) in [5.74, 6) is 1.52. The number of fused-ring (bicyclic) bond motifs is 1. The summed E-state index contributed by atoms with van der Waals surface area (Å²) in [6, 6.07) is 23.9. The van der Waals surface area contributed by atoms with Crippen LogP contribution in [-0.4, -0.2) is 16.0 Å². The number of aromatic nitrogens is 1. The lowest BCUT2D eigenvalue weighted by molar-refractivity contribution is -0.720. The molecule has 3 aromatic carbocycles. The predicted octanol–water partition coefficient (Wildman–Crippen LogP) is 5.20. The van der Waals surface area contributed by atoms with Crippen LogP contribution < -0.4 is 9.88 Å². The Balaban J connectivity index is 1.85. The number of halogens is 2. The number of nitrogens with one attached hydrogen (secondary N) is 2. The van der Waals surface area contributed by atoms with E-state index in [0.717, 1.165) is 10.9 Å². The van der Waals surface area contributed by atoms with Crippen LogP contribution in [-0.2, 0) is 5.72 Å². The van der Waals surface area contributed by atoms with Gasteiger partial charge in [-0.1, -0.05) is 66.3 Å². The number of aliphatic hydroxyl groups is 1. The van der Waals surface area contributed by atoms with Gasteiger partial charge in [-0.15, -0.1) is 0 Å². The molecule has 1 aliphatic heterocycles. The summed E-state index contributed by atoms with van der Waals surface area (Å²) in [4.78, 5) is 0.218. The van der Waals surface area contributed by atoms with Gasteiger partial charge in [0, 0.05) is 28.1 Å². The van der Waals surface area contributed by atoms with E-state index in [1.165, 1.54) is 12.1 Å². The molecule has 5 rings (SSSR count). The summed E-state index contributed by atoms with van der Waals surface area (Å²) in [6.07, 6.45) is 1.88. The standard InChI is InChI=1S/C27H19ClFN3OS/c28-20-10-13-23-18(15-20)5-4-14-32(23)25-24(17-8-11-21(29)12-9-17)22(16-30)26(34)31-27(25,33)19-6-2-1-3-7-19/h1-15,24-25,30,33H/p+1/t24-,25+,27+/m0/s1. The highest BCUT2D eigenvalue weighted by Crippen LogP contribution is 2.46. The Kier molecular flexibility index (Phi) is 5.76. The number of thiocarbonyl (C=S) groups is 1. The zero-order chi connectivity index (χ0) is 23.9. The van der Waals surface area contributed by atoms with Gasteiger partial charge in [0.05, 0.1) is 11.5 Å². The number of hydrogen-bond donors (Lipinski definition) is 3. The minimum absolute atomic E-state index is 0.218. The SMILES string of the molecule is N=C=C1C(=S)N[C@@](O)(c2ccccc2)[C@H]([n+]2cccc3cc(Cl)ccc32)[C@H]1c1ccc(F)cc1. The Morgan fingerprint density at radius 1 is 1.03 bits per heavy atom. The average molecular weight is 489 g/mol. The molecule has 3 atom stereocenters. The van der Waals surface area contributed by atoms with Crippen molar-refractivity contribution in [1.29, 1.82) is 5.41 Å². The highest BCUT2D eigenvalue weighted by Gasteiger charge is 2.56. The number of hydrogen-bond acceptors (Lipinski definition) is 3. The Labute approximate surface area is 206 Å². The van der Waals surface area contributed by atoms with E-state index in [4.69, 9.17) is 29.2 Å². The number of nitrogens with zero attached hydrogens (tertiary/aromatic N) is 1. The minimum Gasteiger partial charge on any atom is -0.362 e. The number of benzene rings is 3. The van der Waals surface area contributed by atoms with Crippen molar-refractivity contribution in [2.45, 2.75) is 17.7 Å². The first kappa shape index (κ1) is 22.4. The predicted molar refractivity (Wildman–Crippen MR) is 135 cm³/mol. The first-order valence-corrected chi connectivity index (χ1v) is 11.5. The molecule has 0 radical (unpaired) electrons. The van der Waals surface area contributed by atoms with Crippen molar-refractivity contribution < 1.29 is 14.1 Å². The van der Waals surface area contributed by atoms with Crippen LogP contribution >= 0.6 is 23.8 Å².